The molecular weight excluding hydrogens is 293 g/mol. The first kappa shape index (κ1) is 15.2. The highest BCUT2D eigenvalue weighted by atomic mass is 35.5. The highest BCUT2D eigenvalue weighted by molar-refractivity contribution is 7.90. The van der Waals surface area contributed by atoms with Gasteiger partial charge in [-0.2, -0.15) is 0 Å². The average molecular weight is 306 g/mol. The molecule has 0 fully saturated rings. The molecule has 0 radical (unpaired) electrons. The Balaban J connectivity index is 3.71. The zero-order valence-corrected chi connectivity index (χ0v) is 12.4. The Kier molecular flexibility index (Phi) is 4.96. The molecule has 0 spiro atoms. The van der Waals surface area contributed by atoms with Crippen molar-refractivity contribution >= 4 is 51.5 Å². The normalized spacial score (nSPS) is 12.6. The van der Waals surface area contributed by atoms with Crippen LogP contribution in [0.25, 0.3) is 6.08 Å². The molecular formula is C12H13Cl2NO2S. The Morgan fingerprint density at radius 1 is 1.50 bits per heavy atom. The Bertz CT molecular complexity index is 603. The van der Waals surface area contributed by atoms with Crippen molar-refractivity contribution in [2.75, 3.05) is 6.26 Å². The van der Waals surface area contributed by atoms with Crippen molar-refractivity contribution < 1.29 is 8.42 Å². The number of hydrogen-bond donors (Lipinski definition) is 0. The van der Waals surface area contributed by atoms with E-state index in [0.29, 0.717) is 21.8 Å². The predicted molar refractivity (Wildman–Crippen MR) is 77.8 cm³/mol. The first-order valence-corrected chi connectivity index (χ1v) is 7.83. The maximum atomic E-state index is 11.7. The lowest BCUT2D eigenvalue weighted by Gasteiger charge is -2.10. The van der Waals surface area contributed by atoms with Crippen LogP contribution in [0.15, 0.2) is 27.1 Å². The topological polar surface area (TPSA) is 46.5 Å². The van der Waals surface area contributed by atoms with Gasteiger partial charge in [0.2, 0.25) is 0 Å². The van der Waals surface area contributed by atoms with Gasteiger partial charge in [-0.3, -0.25) is 4.99 Å². The Labute approximate surface area is 117 Å². The highest BCUT2D eigenvalue weighted by Gasteiger charge is 2.17. The number of hydrogen-bond acceptors (Lipinski definition) is 3. The molecule has 0 atom stereocenters. The number of sulfone groups is 1. The van der Waals surface area contributed by atoms with E-state index in [-0.39, 0.29) is 10.8 Å². The molecule has 3 nitrogen and oxygen atoms in total. The summed E-state index contributed by atoms with van der Waals surface area (Å²) in [6, 6.07) is 3.25. The second-order valence-corrected chi connectivity index (χ2v) is 6.67. The second-order valence-electron chi connectivity index (χ2n) is 3.83. The zero-order valence-electron chi connectivity index (χ0n) is 10.1. The molecule has 6 heteroatoms. The van der Waals surface area contributed by atoms with Crippen LogP contribution in [0.3, 0.4) is 0 Å². The predicted octanol–water partition coefficient (Wildman–Crippen LogP) is 3.76. The van der Waals surface area contributed by atoms with Gasteiger partial charge in [0.25, 0.3) is 0 Å². The molecule has 0 aliphatic heterocycles. The molecule has 0 aliphatic carbocycles. The van der Waals surface area contributed by atoms with Gasteiger partial charge in [0.15, 0.2) is 9.84 Å². The van der Waals surface area contributed by atoms with E-state index in [9.17, 15) is 8.42 Å². The summed E-state index contributed by atoms with van der Waals surface area (Å²) >= 11 is 11.6. The molecule has 0 aliphatic rings. The van der Waals surface area contributed by atoms with Gasteiger partial charge in [-0.25, -0.2) is 8.42 Å². The van der Waals surface area contributed by atoms with Gasteiger partial charge < -0.3 is 0 Å². The fourth-order valence-corrected chi connectivity index (χ4v) is 2.71. The van der Waals surface area contributed by atoms with Crippen LogP contribution >= 0.6 is 23.2 Å². The monoisotopic (exact) mass is 305 g/mol. The molecule has 0 aromatic heterocycles. The minimum absolute atomic E-state index is 0.111. The van der Waals surface area contributed by atoms with Crippen LogP contribution in [-0.2, 0) is 15.7 Å². The summed E-state index contributed by atoms with van der Waals surface area (Å²) in [6.07, 6.45) is 2.76. The van der Waals surface area contributed by atoms with Crippen LogP contribution < -0.4 is 0 Å². The molecule has 98 valence electrons. The number of rotatable bonds is 4. The minimum Gasteiger partial charge on any atom is -0.263 e. The lowest BCUT2D eigenvalue weighted by molar-refractivity contribution is 0.602. The van der Waals surface area contributed by atoms with Crippen LogP contribution in [0.4, 0.5) is 5.69 Å². The van der Waals surface area contributed by atoms with E-state index in [4.69, 9.17) is 23.2 Å². The number of alkyl halides is 1. The Morgan fingerprint density at radius 2 is 2.11 bits per heavy atom. The third-order valence-corrected chi connectivity index (χ3v) is 3.76. The zero-order chi connectivity index (χ0) is 13.9. The average Bonchev–Trinajstić information content (AvgIpc) is 2.25. The van der Waals surface area contributed by atoms with Crippen LogP contribution in [0.1, 0.15) is 18.1 Å². The van der Waals surface area contributed by atoms with Crippen LogP contribution in [0, 0.1) is 0 Å². The molecule has 0 saturated carbocycles. The van der Waals surface area contributed by atoms with E-state index in [1.54, 1.807) is 19.1 Å². The Hall–Kier alpha value is -0.840. The first-order chi connectivity index (χ1) is 8.29. The molecule has 1 aromatic carbocycles. The largest absolute Gasteiger partial charge is 0.263 e. The summed E-state index contributed by atoms with van der Waals surface area (Å²) in [6.45, 7) is 5.11. The smallest absolute Gasteiger partial charge is 0.177 e. The molecule has 0 N–H and O–H groups in total. The lowest BCUT2D eigenvalue weighted by Crippen LogP contribution is -2.00. The van der Waals surface area contributed by atoms with Crippen molar-refractivity contribution in [1.82, 2.24) is 0 Å². The fraction of sp³-hybridized carbons (Fsp3) is 0.250. The number of allylic oxidation sites excluding steroid dienone is 1. The van der Waals surface area contributed by atoms with Crippen molar-refractivity contribution in [2.24, 2.45) is 4.99 Å². The van der Waals surface area contributed by atoms with E-state index in [1.807, 2.05) is 0 Å². The summed E-state index contributed by atoms with van der Waals surface area (Å²) < 4.78 is 23.5. The van der Waals surface area contributed by atoms with Gasteiger partial charge in [-0.15, -0.1) is 11.6 Å². The van der Waals surface area contributed by atoms with E-state index < -0.39 is 9.84 Å². The molecule has 0 amide bonds. The van der Waals surface area contributed by atoms with Crippen molar-refractivity contribution in [3.63, 3.8) is 0 Å². The molecule has 1 aromatic rings. The molecule has 0 saturated heterocycles. The fourth-order valence-electron chi connectivity index (χ4n) is 1.54. The summed E-state index contributed by atoms with van der Waals surface area (Å²) in [4.78, 5) is 3.90. The highest BCUT2D eigenvalue weighted by Crippen LogP contribution is 2.32. The van der Waals surface area contributed by atoms with E-state index >= 15 is 0 Å². The molecule has 1 rings (SSSR count). The number of aliphatic imine (C=N–C) groups is 1. The van der Waals surface area contributed by atoms with Crippen molar-refractivity contribution in [3.05, 3.63) is 28.3 Å². The molecule has 0 bridgehead atoms. The standard InChI is InChI=1S/C12H13Cl2NO2S/c1-8(14)4-10-5-9(7-13)6-11(12(10)15-2)18(3,16)17/h4-6H,2,7H2,1,3H3/b8-4+. The van der Waals surface area contributed by atoms with Gasteiger partial charge >= 0.3 is 0 Å². The van der Waals surface area contributed by atoms with E-state index in [2.05, 4.69) is 11.7 Å². The van der Waals surface area contributed by atoms with E-state index in [1.165, 1.54) is 6.07 Å². The molecule has 0 heterocycles. The van der Waals surface area contributed by atoms with Gasteiger partial charge in [0, 0.05) is 22.7 Å². The maximum Gasteiger partial charge on any atom is 0.177 e. The number of benzene rings is 1. The summed E-state index contributed by atoms with van der Waals surface area (Å²) in [5.41, 5.74) is 1.58. The van der Waals surface area contributed by atoms with Crippen molar-refractivity contribution in [1.29, 1.82) is 0 Å². The molecule has 0 unspecified atom stereocenters. The lowest BCUT2D eigenvalue weighted by atomic mass is 10.1. The van der Waals surface area contributed by atoms with Crippen molar-refractivity contribution in [2.45, 2.75) is 17.7 Å². The van der Waals surface area contributed by atoms with Crippen LogP contribution in [-0.4, -0.2) is 21.4 Å². The molecule has 18 heavy (non-hydrogen) atoms. The second kappa shape index (κ2) is 5.87. The summed E-state index contributed by atoms with van der Waals surface area (Å²) in [5.74, 6) is 0.210. The van der Waals surface area contributed by atoms with Crippen LogP contribution in [0.5, 0.6) is 0 Å². The Morgan fingerprint density at radius 3 is 2.50 bits per heavy atom. The summed E-state index contributed by atoms with van der Waals surface area (Å²) in [7, 11) is -3.40. The SMILES string of the molecule is C=Nc1c(/C=C(\C)Cl)cc(CCl)cc1S(C)(=O)=O. The minimum atomic E-state index is -3.40. The first-order valence-electron chi connectivity index (χ1n) is 5.03. The number of nitrogens with zero attached hydrogens (tertiary/aromatic N) is 1. The van der Waals surface area contributed by atoms with Gasteiger partial charge in [-0.05, 0) is 37.4 Å². The maximum absolute atomic E-state index is 11.7. The summed E-state index contributed by atoms with van der Waals surface area (Å²) in [5, 5.41) is 0.520. The van der Waals surface area contributed by atoms with Gasteiger partial charge in [0.1, 0.15) is 0 Å². The third-order valence-electron chi connectivity index (χ3n) is 2.23. The van der Waals surface area contributed by atoms with Gasteiger partial charge in [-0.1, -0.05) is 11.6 Å². The van der Waals surface area contributed by atoms with Crippen molar-refractivity contribution in [3.8, 4) is 0 Å². The quantitative estimate of drug-likeness (QED) is 0.628. The van der Waals surface area contributed by atoms with Gasteiger partial charge in [0.05, 0.1) is 10.6 Å². The van der Waals surface area contributed by atoms with Crippen LogP contribution in [0.2, 0.25) is 0 Å². The van der Waals surface area contributed by atoms with E-state index in [0.717, 1.165) is 6.26 Å². The number of halogens is 2. The third kappa shape index (κ3) is 3.57.